The lowest BCUT2D eigenvalue weighted by Crippen LogP contribution is -2.22. The predicted molar refractivity (Wildman–Crippen MR) is 79.2 cm³/mol. The van der Waals surface area contributed by atoms with E-state index in [1.807, 2.05) is 24.3 Å². The van der Waals surface area contributed by atoms with Crippen LogP contribution in [-0.2, 0) is 19.5 Å². The van der Waals surface area contributed by atoms with Gasteiger partial charge in [0.25, 0.3) is 5.91 Å². The van der Waals surface area contributed by atoms with E-state index >= 15 is 0 Å². The van der Waals surface area contributed by atoms with Gasteiger partial charge in [0.05, 0.1) is 6.54 Å². The summed E-state index contributed by atoms with van der Waals surface area (Å²) in [6.07, 6.45) is 1.04. The highest BCUT2D eigenvalue weighted by Gasteiger charge is 2.06. The summed E-state index contributed by atoms with van der Waals surface area (Å²) in [6.45, 7) is 3.21. The fourth-order valence-corrected chi connectivity index (χ4v) is 2.67. The molecule has 0 aliphatic rings. The lowest BCUT2D eigenvalue weighted by Gasteiger charge is -2.04. The number of amides is 1. The van der Waals surface area contributed by atoms with Crippen LogP contribution in [0.2, 0.25) is 0 Å². The largest absolute Gasteiger partial charge is 0.347 e. The number of nitrogens with two attached hydrogens (primary N) is 1. The van der Waals surface area contributed by atoms with Crippen LogP contribution < -0.4 is 11.1 Å². The predicted octanol–water partition coefficient (Wildman–Crippen LogP) is 2.70. The fourth-order valence-electron chi connectivity index (χ4n) is 1.77. The number of benzene rings is 1. The molecule has 1 aromatic carbocycles. The normalized spacial score (nSPS) is 10.4. The third-order valence-corrected chi connectivity index (χ3v) is 4.17. The van der Waals surface area contributed by atoms with Gasteiger partial charge >= 0.3 is 0 Å². The highest BCUT2D eigenvalue weighted by molar-refractivity contribution is 7.11. The number of aryl methyl sites for hydroxylation is 1. The molecule has 1 aromatic heterocycles. The second-order valence-electron chi connectivity index (χ2n) is 4.31. The molecule has 2 aromatic rings. The van der Waals surface area contributed by atoms with Crippen LogP contribution in [-0.4, -0.2) is 5.91 Å². The van der Waals surface area contributed by atoms with Gasteiger partial charge in [0.2, 0.25) is 0 Å². The topological polar surface area (TPSA) is 55.1 Å². The van der Waals surface area contributed by atoms with Crippen molar-refractivity contribution in [1.82, 2.24) is 5.32 Å². The molecule has 1 heterocycles. The summed E-state index contributed by atoms with van der Waals surface area (Å²) in [7, 11) is 0. The van der Waals surface area contributed by atoms with E-state index < -0.39 is 0 Å². The van der Waals surface area contributed by atoms with Crippen molar-refractivity contribution in [3.8, 4) is 0 Å². The zero-order chi connectivity index (χ0) is 13.7. The molecule has 3 nitrogen and oxygen atoms in total. The van der Waals surface area contributed by atoms with Gasteiger partial charge in [-0.15, -0.1) is 11.3 Å². The van der Waals surface area contributed by atoms with E-state index in [1.165, 1.54) is 9.75 Å². The maximum absolute atomic E-state index is 12.0. The standard InChI is InChI=1S/C15H18N2OS/c1-2-13-7-8-14(19-13)10-17-15(18)12-5-3-11(9-16)4-6-12/h3-8H,2,9-10,16H2,1H3,(H,17,18). The molecule has 0 atom stereocenters. The Morgan fingerprint density at radius 1 is 1.16 bits per heavy atom. The SMILES string of the molecule is CCc1ccc(CNC(=O)c2ccc(CN)cc2)s1. The molecule has 4 heteroatoms. The number of carbonyl (C=O) groups is 1. The van der Waals surface area contributed by atoms with Crippen LogP contribution >= 0.6 is 11.3 Å². The summed E-state index contributed by atoms with van der Waals surface area (Å²) in [5, 5.41) is 2.93. The average Bonchev–Trinajstić information content (AvgIpc) is 2.93. The van der Waals surface area contributed by atoms with Gasteiger partial charge in [-0.25, -0.2) is 0 Å². The van der Waals surface area contributed by atoms with Crippen molar-refractivity contribution >= 4 is 17.2 Å². The Balaban J connectivity index is 1.93. The van der Waals surface area contributed by atoms with E-state index in [-0.39, 0.29) is 5.91 Å². The smallest absolute Gasteiger partial charge is 0.251 e. The molecule has 0 bridgehead atoms. The van der Waals surface area contributed by atoms with Crippen molar-refractivity contribution in [2.45, 2.75) is 26.4 Å². The summed E-state index contributed by atoms with van der Waals surface area (Å²) in [6, 6.07) is 11.6. The first kappa shape index (κ1) is 13.8. The number of rotatable bonds is 5. The van der Waals surface area contributed by atoms with Gasteiger partial charge in [0, 0.05) is 21.9 Å². The Morgan fingerprint density at radius 3 is 2.42 bits per heavy atom. The molecule has 1 amide bonds. The molecular weight excluding hydrogens is 256 g/mol. The molecule has 100 valence electrons. The lowest BCUT2D eigenvalue weighted by molar-refractivity contribution is 0.0951. The van der Waals surface area contributed by atoms with Gasteiger partial charge in [0.15, 0.2) is 0 Å². The van der Waals surface area contributed by atoms with E-state index in [0.29, 0.717) is 18.7 Å². The summed E-state index contributed by atoms with van der Waals surface area (Å²) >= 11 is 1.74. The van der Waals surface area contributed by atoms with E-state index in [0.717, 1.165) is 12.0 Å². The van der Waals surface area contributed by atoms with E-state index in [2.05, 4.69) is 24.4 Å². The Bertz CT molecular complexity index is 546. The van der Waals surface area contributed by atoms with Crippen LogP contribution in [0.25, 0.3) is 0 Å². The van der Waals surface area contributed by atoms with Crippen molar-refractivity contribution in [2.24, 2.45) is 5.73 Å². The maximum atomic E-state index is 12.0. The number of hydrogen-bond donors (Lipinski definition) is 2. The first-order valence-corrected chi connectivity index (χ1v) is 7.19. The van der Waals surface area contributed by atoms with Gasteiger partial charge in [-0.05, 0) is 36.2 Å². The minimum absolute atomic E-state index is 0.0463. The molecule has 0 saturated heterocycles. The summed E-state index contributed by atoms with van der Waals surface area (Å²) in [5.41, 5.74) is 7.23. The van der Waals surface area contributed by atoms with E-state index in [4.69, 9.17) is 5.73 Å². The molecular formula is C15H18N2OS. The number of nitrogens with one attached hydrogen (secondary N) is 1. The molecule has 0 spiro atoms. The molecule has 0 aliphatic carbocycles. The van der Waals surface area contributed by atoms with Crippen LogP contribution in [0.1, 0.15) is 32.6 Å². The van der Waals surface area contributed by atoms with Crippen LogP contribution in [0.4, 0.5) is 0 Å². The Morgan fingerprint density at radius 2 is 1.84 bits per heavy atom. The Hall–Kier alpha value is -1.65. The number of carbonyl (C=O) groups excluding carboxylic acids is 1. The van der Waals surface area contributed by atoms with Gasteiger partial charge in [-0.2, -0.15) is 0 Å². The zero-order valence-corrected chi connectivity index (χ0v) is 11.8. The molecule has 3 N–H and O–H groups in total. The fraction of sp³-hybridized carbons (Fsp3) is 0.267. The third-order valence-electron chi connectivity index (χ3n) is 2.94. The monoisotopic (exact) mass is 274 g/mol. The van der Waals surface area contributed by atoms with Crippen molar-refractivity contribution in [2.75, 3.05) is 0 Å². The summed E-state index contributed by atoms with van der Waals surface area (Å²) < 4.78 is 0. The second-order valence-corrected chi connectivity index (χ2v) is 5.56. The highest BCUT2D eigenvalue weighted by atomic mass is 32.1. The zero-order valence-electron chi connectivity index (χ0n) is 11.0. The third kappa shape index (κ3) is 3.66. The van der Waals surface area contributed by atoms with Crippen molar-refractivity contribution in [3.63, 3.8) is 0 Å². The molecule has 0 aliphatic heterocycles. The van der Waals surface area contributed by atoms with Crippen molar-refractivity contribution in [3.05, 3.63) is 57.3 Å². The van der Waals surface area contributed by atoms with Crippen LogP contribution in [0.15, 0.2) is 36.4 Å². The minimum atomic E-state index is -0.0463. The highest BCUT2D eigenvalue weighted by Crippen LogP contribution is 2.16. The lowest BCUT2D eigenvalue weighted by atomic mass is 10.1. The Labute approximate surface area is 117 Å². The molecule has 0 fully saturated rings. The number of thiophene rings is 1. The number of hydrogen-bond acceptors (Lipinski definition) is 3. The van der Waals surface area contributed by atoms with Gasteiger partial charge < -0.3 is 11.1 Å². The van der Waals surface area contributed by atoms with E-state index in [1.54, 1.807) is 11.3 Å². The van der Waals surface area contributed by atoms with Crippen LogP contribution in [0.5, 0.6) is 0 Å². The summed E-state index contributed by atoms with van der Waals surface area (Å²) in [5.74, 6) is -0.0463. The van der Waals surface area contributed by atoms with E-state index in [9.17, 15) is 4.79 Å². The molecule has 19 heavy (non-hydrogen) atoms. The first-order chi connectivity index (χ1) is 9.22. The van der Waals surface area contributed by atoms with Gasteiger partial charge in [-0.3, -0.25) is 4.79 Å². The van der Waals surface area contributed by atoms with Gasteiger partial charge in [0.1, 0.15) is 0 Å². The van der Waals surface area contributed by atoms with Crippen LogP contribution in [0.3, 0.4) is 0 Å². The van der Waals surface area contributed by atoms with Gasteiger partial charge in [-0.1, -0.05) is 19.1 Å². The molecule has 0 saturated carbocycles. The quantitative estimate of drug-likeness (QED) is 0.880. The molecule has 0 radical (unpaired) electrons. The first-order valence-electron chi connectivity index (χ1n) is 6.37. The second kappa shape index (κ2) is 6.50. The van der Waals surface area contributed by atoms with Crippen LogP contribution in [0, 0.1) is 0 Å². The maximum Gasteiger partial charge on any atom is 0.251 e. The minimum Gasteiger partial charge on any atom is -0.347 e. The Kier molecular flexibility index (Phi) is 4.71. The van der Waals surface area contributed by atoms with Crippen molar-refractivity contribution in [1.29, 1.82) is 0 Å². The van der Waals surface area contributed by atoms with Crippen molar-refractivity contribution < 1.29 is 4.79 Å². The average molecular weight is 274 g/mol. The molecule has 2 rings (SSSR count). The molecule has 0 unspecified atom stereocenters. The summed E-state index contributed by atoms with van der Waals surface area (Å²) in [4.78, 5) is 14.5.